The number of furan rings is 1. The molecular weight excluding hydrogens is 244 g/mol. The molecule has 0 fully saturated rings. The molecule has 0 aliphatic heterocycles. The first-order chi connectivity index (χ1) is 8.86. The summed E-state index contributed by atoms with van der Waals surface area (Å²) in [4.78, 5) is 1.99. The standard InChI is InChI=1S/C14H14N2OS/c15-8-10-4-5-11(18-10)9-16-13-2-1-3-14-12(13)6-7-17-14/h4-7,13,16H,1-3,9H2. The molecule has 92 valence electrons. The monoisotopic (exact) mass is 258 g/mol. The van der Waals surface area contributed by atoms with Crippen molar-refractivity contribution < 1.29 is 4.42 Å². The van der Waals surface area contributed by atoms with Gasteiger partial charge in [0.25, 0.3) is 0 Å². The van der Waals surface area contributed by atoms with Crippen LogP contribution in [0.3, 0.4) is 0 Å². The fraction of sp³-hybridized carbons (Fsp3) is 0.357. The maximum atomic E-state index is 8.80. The highest BCUT2D eigenvalue weighted by Crippen LogP contribution is 2.30. The summed E-state index contributed by atoms with van der Waals surface area (Å²) in [5, 5.41) is 12.4. The van der Waals surface area contributed by atoms with E-state index in [2.05, 4.69) is 17.5 Å². The molecule has 0 saturated carbocycles. The van der Waals surface area contributed by atoms with Gasteiger partial charge in [-0.1, -0.05) is 0 Å². The van der Waals surface area contributed by atoms with Crippen LogP contribution in [0.1, 0.15) is 40.0 Å². The van der Waals surface area contributed by atoms with Crippen LogP contribution in [0.25, 0.3) is 0 Å². The summed E-state index contributed by atoms with van der Waals surface area (Å²) in [6, 6.07) is 8.54. The Bertz CT molecular complexity index is 579. The lowest BCUT2D eigenvalue weighted by atomic mass is 9.93. The highest BCUT2D eigenvalue weighted by molar-refractivity contribution is 7.12. The number of aryl methyl sites for hydroxylation is 1. The number of nitriles is 1. The van der Waals surface area contributed by atoms with Crippen LogP contribution in [-0.2, 0) is 13.0 Å². The van der Waals surface area contributed by atoms with Crippen molar-refractivity contribution in [3.63, 3.8) is 0 Å². The summed E-state index contributed by atoms with van der Waals surface area (Å²) in [5.74, 6) is 1.13. The highest BCUT2D eigenvalue weighted by Gasteiger charge is 2.21. The summed E-state index contributed by atoms with van der Waals surface area (Å²) in [5.41, 5.74) is 1.30. The predicted octanol–water partition coefficient (Wildman–Crippen LogP) is 3.38. The number of nitrogens with one attached hydrogen (secondary N) is 1. The van der Waals surface area contributed by atoms with E-state index in [1.165, 1.54) is 16.9 Å². The fourth-order valence-electron chi connectivity index (χ4n) is 2.46. The minimum Gasteiger partial charge on any atom is -0.469 e. The fourth-order valence-corrected chi connectivity index (χ4v) is 3.21. The van der Waals surface area contributed by atoms with E-state index >= 15 is 0 Å². The smallest absolute Gasteiger partial charge is 0.110 e. The minimum absolute atomic E-state index is 0.389. The van der Waals surface area contributed by atoms with Gasteiger partial charge in [-0.2, -0.15) is 5.26 Å². The number of hydrogen-bond acceptors (Lipinski definition) is 4. The van der Waals surface area contributed by atoms with Gasteiger partial charge < -0.3 is 9.73 Å². The van der Waals surface area contributed by atoms with Gasteiger partial charge in [0.1, 0.15) is 16.7 Å². The van der Waals surface area contributed by atoms with Gasteiger partial charge in [0.2, 0.25) is 0 Å². The van der Waals surface area contributed by atoms with E-state index in [9.17, 15) is 0 Å². The lowest BCUT2D eigenvalue weighted by Crippen LogP contribution is -2.23. The van der Waals surface area contributed by atoms with E-state index in [0.29, 0.717) is 6.04 Å². The van der Waals surface area contributed by atoms with Crippen LogP contribution in [0.15, 0.2) is 28.9 Å². The van der Waals surface area contributed by atoms with Crippen LogP contribution in [0.4, 0.5) is 0 Å². The third kappa shape index (κ3) is 2.20. The van der Waals surface area contributed by atoms with Gasteiger partial charge >= 0.3 is 0 Å². The van der Waals surface area contributed by atoms with Gasteiger partial charge in [-0.05, 0) is 31.0 Å². The van der Waals surface area contributed by atoms with Crippen LogP contribution in [0.5, 0.6) is 0 Å². The molecule has 3 nitrogen and oxygen atoms in total. The quantitative estimate of drug-likeness (QED) is 0.918. The van der Waals surface area contributed by atoms with E-state index in [1.54, 1.807) is 17.6 Å². The van der Waals surface area contributed by atoms with Gasteiger partial charge in [0, 0.05) is 29.4 Å². The molecule has 1 aliphatic carbocycles. The Morgan fingerprint density at radius 3 is 3.22 bits per heavy atom. The van der Waals surface area contributed by atoms with Crippen molar-refractivity contribution in [2.45, 2.75) is 31.8 Å². The topological polar surface area (TPSA) is 49.0 Å². The van der Waals surface area contributed by atoms with E-state index < -0.39 is 0 Å². The molecule has 0 aromatic carbocycles. The lowest BCUT2D eigenvalue weighted by Gasteiger charge is -2.22. The Kier molecular flexibility index (Phi) is 3.18. The molecule has 0 bridgehead atoms. The van der Waals surface area contributed by atoms with Gasteiger partial charge in [-0.3, -0.25) is 0 Å². The maximum absolute atomic E-state index is 8.80. The second-order valence-electron chi connectivity index (χ2n) is 4.50. The van der Waals surface area contributed by atoms with Crippen LogP contribution in [0.2, 0.25) is 0 Å². The first-order valence-electron chi connectivity index (χ1n) is 6.15. The second-order valence-corrected chi connectivity index (χ2v) is 5.67. The largest absolute Gasteiger partial charge is 0.469 e. The SMILES string of the molecule is N#Cc1ccc(CNC2CCCc3occc32)s1. The summed E-state index contributed by atoms with van der Waals surface area (Å²) >= 11 is 1.56. The third-order valence-electron chi connectivity index (χ3n) is 3.35. The second kappa shape index (κ2) is 4.97. The molecule has 1 N–H and O–H groups in total. The molecule has 2 aromatic rings. The van der Waals surface area contributed by atoms with E-state index in [1.807, 2.05) is 12.1 Å². The van der Waals surface area contributed by atoms with Crippen molar-refractivity contribution in [1.82, 2.24) is 5.32 Å². The van der Waals surface area contributed by atoms with Crippen molar-refractivity contribution in [1.29, 1.82) is 5.26 Å². The molecule has 1 unspecified atom stereocenters. The normalized spacial score (nSPS) is 18.3. The molecule has 0 saturated heterocycles. The zero-order valence-corrected chi connectivity index (χ0v) is 10.8. The predicted molar refractivity (Wildman–Crippen MR) is 70.3 cm³/mol. The van der Waals surface area contributed by atoms with Crippen LogP contribution >= 0.6 is 11.3 Å². The van der Waals surface area contributed by atoms with Crippen molar-refractivity contribution in [2.24, 2.45) is 0 Å². The first-order valence-corrected chi connectivity index (χ1v) is 6.97. The molecule has 2 heterocycles. The van der Waals surface area contributed by atoms with Crippen LogP contribution in [-0.4, -0.2) is 0 Å². The van der Waals surface area contributed by atoms with Gasteiger partial charge in [0.05, 0.1) is 6.26 Å². The lowest BCUT2D eigenvalue weighted by molar-refractivity contribution is 0.412. The molecule has 0 amide bonds. The molecule has 1 aliphatic rings. The molecule has 3 rings (SSSR count). The Morgan fingerprint density at radius 1 is 1.44 bits per heavy atom. The highest BCUT2D eigenvalue weighted by atomic mass is 32.1. The van der Waals surface area contributed by atoms with Crippen molar-refractivity contribution in [3.8, 4) is 6.07 Å². The molecule has 1 atom stereocenters. The molecule has 18 heavy (non-hydrogen) atoms. The van der Waals surface area contributed by atoms with Crippen molar-refractivity contribution in [3.05, 3.63) is 45.5 Å². The minimum atomic E-state index is 0.389. The Morgan fingerprint density at radius 2 is 2.39 bits per heavy atom. The Hall–Kier alpha value is -1.57. The van der Waals surface area contributed by atoms with E-state index in [0.717, 1.165) is 30.0 Å². The maximum Gasteiger partial charge on any atom is 0.110 e. The zero-order chi connectivity index (χ0) is 12.4. The summed E-state index contributed by atoms with van der Waals surface area (Å²) in [6.07, 6.45) is 5.16. The van der Waals surface area contributed by atoms with Crippen LogP contribution < -0.4 is 5.32 Å². The van der Waals surface area contributed by atoms with Gasteiger partial charge in [0.15, 0.2) is 0 Å². The van der Waals surface area contributed by atoms with Gasteiger partial charge in [-0.25, -0.2) is 0 Å². The summed E-state index contributed by atoms with van der Waals surface area (Å²) in [6.45, 7) is 0.821. The first kappa shape index (κ1) is 11.5. The van der Waals surface area contributed by atoms with Crippen LogP contribution in [0, 0.1) is 11.3 Å². The summed E-state index contributed by atoms with van der Waals surface area (Å²) < 4.78 is 5.48. The van der Waals surface area contributed by atoms with E-state index in [-0.39, 0.29) is 0 Å². The average molecular weight is 258 g/mol. The average Bonchev–Trinajstić information content (AvgIpc) is 3.05. The number of fused-ring (bicyclic) bond motifs is 1. The van der Waals surface area contributed by atoms with Crippen molar-refractivity contribution in [2.75, 3.05) is 0 Å². The number of nitrogens with zero attached hydrogens (tertiary/aromatic N) is 1. The molecule has 4 heteroatoms. The van der Waals surface area contributed by atoms with E-state index in [4.69, 9.17) is 9.68 Å². The Balaban J connectivity index is 1.67. The Labute approximate surface area is 110 Å². The molecular formula is C14H14N2OS. The number of rotatable bonds is 3. The summed E-state index contributed by atoms with van der Waals surface area (Å²) in [7, 11) is 0. The number of hydrogen-bond donors (Lipinski definition) is 1. The molecule has 0 radical (unpaired) electrons. The zero-order valence-electron chi connectivity index (χ0n) is 9.98. The number of thiophene rings is 1. The van der Waals surface area contributed by atoms with Gasteiger partial charge in [-0.15, -0.1) is 11.3 Å². The molecule has 0 spiro atoms. The third-order valence-corrected chi connectivity index (χ3v) is 4.34. The van der Waals surface area contributed by atoms with Crippen molar-refractivity contribution >= 4 is 11.3 Å². The molecule has 2 aromatic heterocycles.